The molecule has 0 spiro atoms. The molecule has 1 amide bonds. The van der Waals surface area contributed by atoms with E-state index in [0.717, 1.165) is 35.8 Å². The molecule has 1 aromatic carbocycles. The van der Waals surface area contributed by atoms with Gasteiger partial charge in [0.15, 0.2) is 0 Å². The maximum absolute atomic E-state index is 12.6. The summed E-state index contributed by atoms with van der Waals surface area (Å²) in [6, 6.07) is 10.6. The summed E-state index contributed by atoms with van der Waals surface area (Å²) in [5, 5.41) is 23.7. The number of aliphatic hydroxyl groups excluding tert-OH is 2. The lowest BCUT2D eigenvalue weighted by Gasteiger charge is -2.28. The van der Waals surface area contributed by atoms with E-state index in [0.29, 0.717) is 19.6 Å². The minimum absolute atomic E-state index is 0.185. The van der Waals surface area contributed by atoms with Crippen LogP contribution in [-0.2, 0) is 16.0 Å². The maximum atomic E-state index is 12.6. The van der Waals surface area contributed by atoms with Crippen molar-refractivity contribution < 1.29 is 24.5 Å². The van der Waals surface area contributed by atoms with Crippen LogP contribution in [0.3, 0.4) is 0 Å². The molecule has 4 unspecified atom stereocenters. The van der Waals surface area contributed by atoms with E-state index < -0.39 is 18.2 Å². The highest BCUT2D eigenvalue weighted by molar-refractivity contribution is 5.79. The number of carbonyl (C=O) groups is 1. The first kappa shape index (κ1) is 21.5. The molecule has 1 saturated heterocycles. The van der Waals surface area contributed by atoms with Gasteiger partial charge in [0, 0.05) is 25.2 Å². The lowest BCUT2D eigenvalue weighted by molar-refractivity contribution is -0.122. The Morgan fingerprint density at radius 1 is 1.19 bits per heavy atom. The van der Waals surface area contributed by atoms with Gasteiger partial charge in [-0.2, -0.15) is 0 Å². The van der Waals surface area contributed by atoms with Crippen molar-refractivity contribution in [2.45, 2.75) is 37.0 Å². The summed E-state index contributed by atoms with van der Waals surface area (Å²) in [5.41, 5.74) is 1.74. The highest BCUT2D eigenvalue weighted by Crippen LogP contribution is 2.35. The van der Waals surface area contributed by atoms with Crippen LogP contribution in [-0.4, -0.2) is 72.8 Å². The zero-order valence-corrected chi connectivity index (χ0v) is 17.6. The van der Waals surface area contributed by atoms with Crippen molar-refractivity contribution in [2.24, 2.45) is 0 Å². The van der Waals surface area contributed by atoms with Crippen molar-refractivity contribution in [1.29, 1.82) is 0 Å². The fourth-order valence-electron chi connectivity index (χ4n) is 4.31. The molecule has 3 N–H and O–H groups in total. The number of ether oxygens (including phenoxy) is 2. The molecule has 0 bridgehead atoms. The minimum atomic E-state index is -1.02. The second-order valence-corrected chi connectivity index (χ2v) is 8.07. The van der Waals surface area contributed by atoms with Crippen molar-refractivity contribution in [1.82, 2.24) is 10.3 Å². The van der Waals surface area contributed by atoms with Gasteiger partial charge in [-0.25, -0.2) is 4.98 Å². The van der Waals surface area contributed by atoms with E-state index in [1.807, 2.05) is 24.3 Å². The second kappa shape index (κ2) is 9.64. The number of morpholine rings is 1. The van der Waals surface area contributed by atoms with Crippen molar-refractivity contribution in [3.63, 3.8) is 0 Å². The monoisotopic (exact) mass is 427 g/mol. The van der Waals surface area contributed by atoms with Gasteiger partial charge in [0.05, 0.1) is 38.9 Å². The number of hydrogen-bond acceptors (Lipinski definition) is 7. The van der Waals surface area contributed by atoms with Crippen molar-refractivity contribution in [3.05, 3.63) is 53.7 Å². The lowest BCUT2D eigenvalue weighted by Crippen LogP contribution is -2.45. The van der Waals surface area contributed by atoms with Crippen LogP contribution < -0.4 is 15.0 Å². The standard InChI is InChI=1S/C23H29N3O5/c1-30-17-5-2-15(3-6-17)12-21(28)25-22-18(13-19(27)23(22)29)16-4-7-20(24-14-16)26-8-10-31-11-9-26/h2-7,14,18-19,22-23,27,29H,8-13H2,1H3,(H,25,28). The van der Waals surface area contributed by atoms with E-state index in [1.165, 1.54) is 0 Å². The Morgan fingerprint density at radius 3 is 2.58 bits per heavy atom. The summed E-state index contributed by atoms with van der Waals surface area (Å²) < 4.78 is 10.5. The fourth-order valence-corrected chi connectivity index (χ4v) is 4.31. The Hall–Kier alpha value is -2.68. The normalized spacial score (nSPS) is 26.0. The largest absolute Gasteiger partial charge is 0.497 e. The molecule has 1 saturated carbocycles. The van der Waals surface area contributed by atoms with Gasteiger partial charge < -0.3 is 29.9 Å². The number of nitrogens with zero attached hydrogens (tertiary/aromatic N) is 2. The highest BCUT2D eigenvalue weighted by atomic mass is 16.5. The number of aliphatic hydroxyl groups is 2. The molecular weight excluding hydrogens is 398 g/mol. The molecule has 2 heterocycles. The Kier molecular flexibility index (Phi) is 6.70. The number of hydrogen-bond donors (Lipinski definition) is 3. The first-order chi connectivity index (χ1) is 15.0. The second-order valence-electron chi connectivity index (χ2n) is 8.07. The van der Waals surface area contributed by atoms with E-state index in [1.54, 1.807) is 25.4 Å². The number of aromatic nitrogens is 1. The van der Waals surface area contributed by atoms with E-state index in [2.05, 4.69) is 15.2 Å². The third-order valence-electron chi connectivity index (χ3n) is 6.08. The van der Waals surface area contributed by atoms with Gasteiger partial charge in [0.2, 0.25) is 5.91 Å². The Morgan fingerprint density at radius 2 is 1.94 bits per heavy atom. The minimum Gasteiger partial charge on any atom is -0.497 e. The van der Waals surface area contributed by atoms with Gasteiger partial charge in [0.1, 0.15) is 17.7 Å². The van der Waals surface area contributed by atoms with Crippen LogP contribution in [0.2, 0.25) is 0 Å². The molecule has 8 nitrogen and oxygen atoms in total. The predicted octanol–water partition coefficient (Wildman–Crippen LogP) is 0.863. The first-order valence-electron chi connectivity index (χ1n) is 10.6. The molecule has 1 aromatic heterocycles. The SMILES string of the molecule is COc1ccc(CC(=O)NC2C(c3ccc(N4CCOCC4)nc3)CC(O)C2O)cc1. The van der Waals surface area contributed by atoms with Gasteiger partial charge in [-0.1, -0.05) is 18.2 Å². The lowest BCUT2D eigenvalue weighted by atomic mass is 9.94. The number of rotatable bonds is 6. The summed E-state index contributed by atoms with van der Waals surface area (Å²) in [5.74, 6) is 1.19. The molecule has 1 aliphatic heterocycles. The van der Waals surface area contributed by atoms with Crippen LogP contribution in [0.15, 0.2) is 42.6 Å². The molecule has 166 valence electrons. The number of carbonyl (C=O) groups excluding carboxylic acids is 1. The maximum Gasteiger partial charge on any atom is 0.224 e. The molecule has 4 atom stereocenters. The summed E-state index contributed by atoms with van der Waals surface area (Å²) in [6.07, 6.45) is 0.416. The third kappa shape index (κ3) is 4.98. The number of nitrogens with one attached hydrogen (secondary N) is 1. The van der Waals surface area contributed by atoms with Crippen LogP contribution in [0.4, 0.5) is 5.82 Å². The molecule has 0 radical (unpaired) electrons. The van der Waals surface area contributed by atoms with Gasteiger partial charge >= 0.3 is 0 Å². The summed E-state index contributed by atoms with van der Waals surface area (Å²) >= 11 is 0. The molecular formula is C23H29N3O5. The molecule has 2 aliphatic rings. The number of amides is 1. The van der Waals surface area contributed by atoms with Crippen LogP contribution in [0.25, 0.3) is 0 Å². The van der Waals surface area contributed by atoms with Crippen molar-refractivity contribution >= 4 is 11.7 Å². The van der Waals surface area contributed by atoms with Gasteiger partial charge in [-0.3, -0.25) is 4.79 Å². The van der Waals surface area contributed by atoms with E-state index in [4.69, 9.17) is 9.47 Å². The molecule has 31 heavy (non-hydrogen) atoms. The van der Waals surface area contributed by atoms with Crippen molar-refractivity contribution in [3.8, 4) is 5.75 Å². The highest BCUT2D eigenvalue weighted by Gasteiger charge is 2.43. The van der Waals surface area contributed by atoms with Crippen LogP contribution >= 0.6 is 0 Å². The van der Waals surface area contributed by atoms with Gasteiger partial charge in [0.25, 0.3) is 0 Å². The zero-order chi connectivity index (χ0) is 21.8. The summed E-state index contributed by atoms with van der Waals surface area (Å²) in [6.45, 7) is 2.98. The predicted molar refractivity (Wildman–Crippen MR) is 115 cm³/mol. The summed E-state index contributed by atoms with van der Waals surface area (Å²) in [4.78, 5) is 19.4. The molecule has 4 rings (SSSR count). The number of benzene rings is 1. The Labute approximate surface area is 181 Å². The Bertz CT molecular complexity index is 868. The van der Waals surface area contributed by atoms with Crippen LogP contribution in [0.5, 0.6) is 5.75 Å². The van der Waals surface area contributed by atoms with E-state index in [-0.39, 0.29) is 18.2 Å². The summed E-state index contributed by atoms with van der Waals surface area (Å²) in [7, 11) is 1.59. The number of pyridine rings is 1. The number of methoxy groups -OCH3 is 1. The smallest absolute Gasteiger partial charge is 0.224 e. The molecule has 2 aromatic rings. The quantitative estimate of drug-likeness (QED) is 0.628. The third-order valence-corrected chi connectivity index (χ3v) is 6.08. The zero-order valence-electron chi connectivity index (χ0n) is 17.6. The van der Waals surface area contributed by atoms with Crippen LogP contribution in [0, 0.1) is 0 Å². The first-order valence-corrected chi connectivity index (χ1v) is 10.6. The van der Waals surface area contributed by atoms with Gasteiger partial charge in [-0.05, 0) is 35.7 Å². The molecule has 1 aliphatic carbocycles. The average Bonchev–Trinajstić information content (AvgIpc) is 3.08. The van der Waals surface area contributed by atoms with Crippen LogP contribution in [0.1, 0.15) is 23.5 Å². The molecule has 2 fully saturated rings. The van der Waals surface area contributed by atoms with Crippen molar-refractivity contribution in [2.75, 3.05) is 38.3 Å². The van der Waals surface area contributed by atoms with E-state index in [9.17, 15) is 15.0 Å². The van der Waals surface area contributed by atoms with Gasteiger partial charge in [-0.15, -0.1) is 0 Å². The van der Waals surface area contributed by atoms with E-state index >= 15 is 0 Å². The number of anilines is 1. The Balaban J connectivity index is 1.43. The molecule has 8 heteroatoms. The average molecular weight is 428 g/mol. The topological polar surface area (TPSA) is 104 Å². The fraction of sp³-hybridized carbons (Fsp3) is 0.478.